The van der Waals surface area contributed by atoms with Crippen LogP contribution in [-0.4, -0.2) is 61.1 Å². The minimum absolute atomic E-state index is 0.110. The van der Waals surface area contributed by atoms with Gasteiger partial charge in [-0.3, -0.25) is 9.69 Å². The molecular formula is C18H32N2O5. The molecule has 0 aromatic carbocycles. The van der Waals surface area contributed by atoms with Crippen LogP contribution >= 0.6 is 0 Å². The van der Waals surface area contributed by atoms with Crippen LogP contribution in [0, 0.1) is 0 Å². The Morgan fingerprint density at radius 2 is 1.84 bits per heavy atom. The Labute approximate surface area is 150 Å². The summed E-state index contributed by atoms with van der Waals surface area (Å²) < 4.78 is 16.0. The van der Waals surface area contributed by atoms with Crippen molar-refractivity contribution in [3.05, 3.63) is 0 Å². The van der Waals surface area contributed by atoms with Gasteiger partial charge in [0.25, 0.3) is 0 Å². The second kappa shape index (κ2) is 8.85. The number of hydrogen-bond donors (Lipinski definition) is 1. The molecule has 0 aromatic rings. The van der Waals surface area contributed by atoms with Crippen molar-refractivity contribution in [1.82, 2.24) is 10.2 Å². The van der Waals surface area contributed by atoms with E-state index in [2.05, 4.69) is 5.32 Å². The van der Waals surface area contributed by atoms with Gasteiger partial charge in [-0.15, -0.1) is 0 Å². The smallest absolute Gasteiger partial charge is 0.411 e. The van der Waals surface area contributed by atoms with Crippen LogP contribution in [0.3, 0.4) is 0 Å². The van der Waals surface area contributed by atoms with Crippen LogP contribution in [0.1, 0.15) is 59.3 Å². The normalized spacial score (nSPS) is 25.0. The van der Waals surface area contributed by atoms with Gasteiger partial charge in [0, 0.05) is 19.6 Å². The van der Waals surface area contributed by atoms with Crippen molar-refractivity contribution in [3.63, 3.8) is 0 Å². The molecule has 2 rings (SSSR count). The van der Waals surface area contributed by atoms with Crippen molar-refractivity contribution in [1.29, 1.82) is 0 Å². The number of ether oxygens (including phenoxy) is 3. The number of nitrogens with zero attached hydrogens (tertiary/aromatic N) is 1. The summed E-state index contributed by atoms with van der Waals surface area (Å²) in [6, 6.07) is -0.348. The molecule has 1 saturated heterocycles. The summed E-state index contributed by atoms with van der Waals surface area (Å²) in [6.07, 6.45) is 5.29. The molecule has 2 aliphatic rings. The Morgan fingerprint density at radius 3 is 2.44 bits per heavy atom. The van der Waals surface area contributed by atoms with Crippen LogP contribution in [0.25, 0.3) is 0 Å². The third-order valence-electron chi connectivity index (χ3n) is 4.57. The Balaban J connectivity index is 2.01. The molecular weight excluding hydrogens is 324 g/mol. The van der Waals surface area contributed by atoms with Gasteiger partial charge in [-0.05, 0) is 33.6 Å². The van der Waals surface area contributed by atoms with Gasteiger partial charge in [0.05, 0.1) is 12.6 Å². The summed E-state index contributed by atoms with van der Waals surface area (Å²) in [4.78, 5) is 26.8. The van der Waals surface area contributed by atoms with Gasteiger partial charge in [0.2, 0.25) is 5.91 Å². The molecule has 0 spiro atoms. The highest BCUT2D eigenvalue weighted by atomic mass is 16.7. The van der Waals surface area contributed by atoms with E-state index in [4.69, 9.17) is 14.2 Å². The van der Waals surface area contributed by atoms with Gasteiger partial charge in [-0.1, -0.05) is 19.3 Å². The average Bonchev–Trinajstić information content (AvgIpc) is 2.97. The Morgan fingerprint density at radius 1 is 1.16 bits per heavy atom. The maximum absolute atomic E-state index is 12.8. The van der Waals surface area contributed by atoms with E-state index in [-0.39, 0.29) is 24.8 Å². The van der Waals surface area contributed by atoms with Crippen LogP contribution < -0.4 is 5.32 Å². The van der Waals surface area contributed by atoms with Gasteiger partial charge in [0.1, 0.15) is 18.4 Å². The number of rotatable bonds is 5. The summed E-state index contributed by atoms with van der Waals surface area (Å²) in [7, 11) is 1.55. The lowest BCUT2D eigenvalue weighted by Gasteiger charge is -2.29. The molecule has 2 fully saturated rings. The molecule has 1 saturated carbocycles. The van der Waals surface area contributed by atoms with Crippen molar-refractivity contribution >= 4 is 12.0 Å². The molecule has 1 aliphatic carbocycles. The van der Waals surface area contributed by atoms with Crippen LogP contribution in [0.15, 0.2) is 0 Å². The molecule has 2 atom stereocenters. The van der Waals surface area contributed by atoms with E-state index in [9.17, 15) is 9.59 Å². The number of hydrogen-bond acceptors (Lipinski definition) is 5. The molecule has 0 aromatic heterocycles. The predicted octanol–water partition coefficient (Wildman–Crippen LogP) is 2.43. The zero-order valence-corrected chi connectivity index (χ0v) is 15.9. The topological polar surface area (TPSA) is 77.1 Å². The Kier molecular flexibility index (Phi) is 7.07. The number of carbonyl (C=O) groups is 2. The zero-order chi connectivity index (χ0) is 18.4. The van der Waals surface area contributed by atoms with E-state index in [1.54, 1.807) is 7.11 Å². The van der Waals surface area contributed by atoms with E-state index in [0.717, 1.165) is 25.7 Å². The van der Waals surface area contributed by atoms with Crippen molar-refractivity contribution in [3.8, 4) is 0 Å². The van der Waals surface area contributed by atoms with Crippen LogP contribution in [-0.2, 0) is 19.0 Å². The van der Waals surface area contributed by atoms with E-state index in [1.807, 2.05) is 20.8 Å². The third-order valence-corrected chi connectivity index (χ3v) is 4.57. The second-order valence-corrected chi connectivity index (χ2v) is 7.92. The number of likely N-dealkylation sites (tertiary alicyclic amines) is 1. The van der Waals surface area contributed by atoms with E-state index in [1.165, 1.54) is 11.3 Å². The van der Waals surface area contributed by atoms with Gasteiger partial charge < -0.3 is 19.5 Å². The first-order valence-corrected chi connectivity index (χ1v) is 9.20. The monoisotopic (exact) mass is 356 g/mol. The lowest BCUT2D eigenvalue weighted by molar-refractivity contribution is -0.126. The van der Waals surface area contributed by atoms with Gasteiger partial charge >= 0.3 is 6.09 Å². The maximum atomic E-state index is 12.8. The second-order valence-electron chi connectivity index (χ2n) is 7.92. The molecule has 1 heterocycles. The molecule has 0 unspecified atom stereocenters. The first kappa shape index (κ1) is 20.0. The Bertz CT molecular complexity index is 457. The first-order valence-electron chi connectivity index (χ1n) is 9.20. The summed E-state index contributed by atoms with van der Waals surface area (Å²) in [5, 5.41) is 3.11. The fourth-order valence-electron chi connectivity index (χ4n) is 3.40. The molecule has 144 valence electrons. The predicted molar refractivity (Wildman–Crippen MR) is 93.1 cm³/mol. The summed E-state index contributed by atoms with van der Waals surface area (Å²) in [5.41, 5.74) is -0.604. The molecule has 1 N–H and O–H groups in total. The van der Waals surface area contributed by atoms with Crippen molar-refractivity contribution < 1.29 is 23.8 Å². The number of amides is 2. The quantitative estimate of drug-likeness (QED) is 0.766. The lowest BCUT2D eigenvalue weighted by Crippen LogP contribution is -2.50. The molecule has 25 heavy (non-hydrogen) atoms. The maximum Gasteiger partial charge on any atom is 0.411 e. The zero-order valence-electron chi connectivity index (χ0n) is 15.9. The Hall–Kier alpha value is -1.34. The average molecular weight is 356 g/mol. The summed E-state index contributed by atoms with van der Waals surface area (Å²) >= 11 is 0. The number of carbonyl (C=O) groups excluding carboxylic acids is 2. The van der Waals surface area contributed by atoms with Crippen LogP contribution in [0.4, 0.5) is 4.79 Å². The fraction of sp³-hybridized carbons (Fsp3) is 0.889. The first-order chi connectivity index (χ1) is 11.8. The van der Waals surface area contributed by atoms with Crippen molar-refractivity contribution in [2.24, 2.45) is 0 Å². The standard InChI is InChI=1S/C18H32N2O5/c1-18(2,3)25-17(22)20-11-14(24-12-23-4)10-15(20)16(21)19-13-8-6-5-7-9-13/h13-15H,5-12H2,1-4H3,(H,19,21)/t14-,15+/m1/s1. The molecule has 0 radical (unpaired) electrons. The molecule has 1 aliphatic heterocycles. The number of methoxy groups -OCH3 is 1. The van der Waals surface area contributed by atoms with E-state index < -0.39 is 17.7 Å². The SMILES string of the molecule is COCO[C@@H]1C[C@@H](C(=O)NC2CCCCC2)N(C(=O)OC(C)(C)C)C1. The van der Waals surface area contributed by atoms with Gasteiger partial charge in [-0.2, -0.15) is 0 Å². The third kappa shape index (κ3) is 6.15. The fourth-order valence-corrected chi connectivity index (χ4v) is 3.40. The van der Waals surface area contributed by atoms with Crippen molar-refractivity contribution in [2.45, 2.75) is 83.1 Å². The lowest BCUT2D eigenvalue weighted by atomic mass is 9.95. The van der Waals surface area contributed by atoms with Crippen molar-refractivity contribution in [2.75, 3.05) is 20.4 Å². The van der Waals surface area contributed by atoms with Crippen LogP contribution in [0.5, 0.6) is 0 Å². The van der Waals surface area contributed by atoms with E-state index in [0.29, 0.717) is 13.0 Å². The summed E-state index contributed by atoms with van der Waals surface area (Å²) in [5.74, 6) is -0.110. The van der Waals surface area contributed by atoms with Crippen LogP contribution in [0.2, 0.25) is 0 Å². The summed E-state index contributed by atoms with van der Waals surface area (Å²) in [6.45, 7) is 5.93. The van der Waals surface area contributed by atoms with Gasteiger partial charge in [0.15, 0.2) is 0 Å². The molecule has 7 heteroatoms. The minimum Gasteiger partial charge on any atom is -0.444 e. The van der Waals surface area contributed by atoms with E-state index >= 15 is 0 Å². The largest absolute Gasteiger partial charge is 0.444 e. The highest BCUT2D eigenvalue weighted by Crippen LogP contribution is 2.25. The minimum atomic E-state index is -0.604. The highest BCUT2D eigenvalue weighted by molar-refractivity contribution is 5.86. The molecule has 2 amide bonds. The molecule has 7 nitrogen and oxygen atoms in total. The number of nitrogens with one attached hydrogen (secondary N) is 1. The highest BCUT2D eigenvalue weighted by Gasteiger charge is 2.42. The van der Waals surface area contributed by atoms with Gasteiger partial charge in [-0.25, -0.2) is 4.79 Å². The molecule has 0 bridgehead atoms.